The lowest BCUT2D eigenvalue weighted by Crippen LogP contribution is -2.42. The van der Waals surface area contributed by atoms with E-state index in [2.05, 4.69) is 16.3 Å². The van der Waals surface area contributed by atoms with E-state index < -0.39 is 0 Å². The zero-order valence-electron chi connectivity index (χ0n) is 14.1. The molecule has 1 fully saturated rings. The normalized spacial score (nSPS) is 21.8. The van der Waals surface area contributed by atoms with E-state index >= 15 is 0 Å². The summed E-state index contributed by atoms with van der Waals surface area (Å²) in [6.07, 6.45) is 9.99. The zero-order valence-corrected chi connectivity index (χ0v) is 15.7. The van der Waals surface area contributed by atoms with Gasteiger partial charge >= 0.3 is 0 Å². The molecule has 1 amide bonds. The highest BCUT2D eigenvalue weighted by Crippen LogP contribution is 2.30. The van der Waals surface area contributed by atoms with Crippen LogP contribution in [0.5, 0.6) is 0 Å². The molecule has 1 aromatic heterocycles. The Morgan fingerprint density at radius 1 is 1.26 bits per heavy atom. The molecule has 0 radical (unpaired) electrons. The number of carbonyl (C=O) groups is 1. The maximum absolute atomic E-state index is 12.9. The second kappa shape index (κ2) is 9.05. The number of rotatable bonds is 3. The first-order valence-corrected chi connectivity index (χ1v) is 9.65. The third kappa shape index (κ3) is 4.71. The van der Waals surface area contributed by atoms with Crippen LogP contribution < -0.4 is 5.32 Å². The van der Waals surface area contributed by atoms with Crippen LogP contribution in [0.2, 0.25) is 0 Å². The fraction of sp³-hybridized carbons (Fsp3) is 0.722. The Morgan fingerprint density at radius 2 is 2.04 bits per heavy atom. The molecule has 1 aliphatic heterocycles. The van der Waals surface area contributed by atoms with Crippen LogP contribution in [-0.2, 0) is 12.8 Å². The molecule has 2 heterocycles. The van der Waals surface area contributed by atoms with Gasteiger partial charge < -0.3 is 10.2 Å². The molecule has 5 heteroatoms. The van der Waals surface area contributed by atoms with Gasteiger partial charge in [-0.3, -0.25) is 4.79 Å². The Kier molecular flexibility index (Phi) is 7.38. The van der Waals surface area contributed by atoms with Crippen molar-refractivity contribution in [2.24, 2.45) is 5.92 Å². The number of nitrogens with zero attached hydrogens (tertiary/aromatic N) is 1. The largest absolute Gasteiger partial charge is 0.338 e. The second-order valence-corrected chi connectivity index (χ2v) is 7.93. The number of fused-ring (bicyclic) bond motifs is 1. The van der Waals surface area contributed by atoms with Crippen molar-refractivity contribution in [1.29, 1.82) is 0 Å². The summed E-state index contributed by atoms with van der Waals surface area (Å²) in [7, 11) is 2.00. The van der Waals surface area contributed by atoms with Gasteiger partial charge in [-0.2, -0.15) is 0 Å². The SMILES string of the molecule is CNCC1CCCN(C(=O)c2cc3c(s2)CCCCCC3)C1.Cl. The monoisotopic (exact) mass is 356 g/mol. The van der Waals surface area contributed by atoms with Crippen molar-refractivity contribution in [2.75, 3.05) is 26.7 Å². The Balaban J connectivity index is 0.00000192. The van der Waals surface area contributed by atoms with Crippen LogP contribution in [0.3, 0.4) is 0 Å². The van der Waals surface area contributed by atoms with Gasteiger partial charge in [0.2, 0.25) is 0 Å². The quantitative estimate of drug-likeness (QED) is 0.890. The number of piperidine rings is 1. The number of carbonyl (C=O) groups excluding carboxylic acids is 1. The molecule has 1 N–H and O–H groups in total. The van der Waals surface area contributed by atoms with Crippen molar-refractivity contribution >= 4 is 29.7 Å². The summed E-state index contributed by atoms with van der Waals surface area (Å²) < 4.78 is 0. The zero-order chi connectivity index (χ0) is 15.4. The van der Waals surface area contributed by atoms with E-state index in [-0.39, 0.29) is 18.3 Å². The van der Waals surface area contributed by atoms with Crippen molar-refractivity contribution in [1.82, 2.24) is 10.2 Å². The summed E-state index contributed by atoms with van der Waals surface area (Å²) in [5, 5.41) is 3.25. The topological polar surface area (TPSA) is 32.3 Å². The van der Waals surface area contributed by atoms with Gasteiger partial charge in [-0.05, 0) is 69.7 Å². The van der Waals surface area contributed by atoms with Gasteiger partial charge in [0, 0.05) is 18.0 Å². The van der Waals surface area contributed by atoms with Crippen molar-refractivity contribution in [3.63, 3.8) is 0 Å². The van der Waals surface area contributed by atoms with Gasteiger partial charge in [0.05, 0.1) is 4.88 Å². The maximum Gasteiger partial charge on any atom is 0.263 e. The first-order chi connectivity index (χ1) is 10.8. The minimum absolute atomic E-state index is 0. The average Bonchev–Trinajstić information content (AvgIpc) is 2.89. The van der Waals surface area contributed by atoms with E-state index in [0.717, 1.165) is 30.9 Å². The average molecular weight is 357 g/mol. The van der Waals surface area contributed by atoms with Crippen LogP contribution >= 0.6 is 23.7 Å². The molecule has 1 aliphatic carbocycles. The lowest BCUT2D eigenvalue weighted by Gasteiger charge is -2.32. The molecule has 0 saturated carbocycles. The van der Waals surface area contributed by atoms with Gasteiger partial charge in [-0.15, -0.1) is 23.7 Å². The van der Waals surface area contributed by atoms with Crippen molar-refractivity contribution in [3.05, 3.63) is 21.4 Å². The van der Waals surface area contributed by atoms with E-state index in [0.29, 0.717) is 5.92 Å². The van der Waals surface area contributed by atoms with Crippen LogP contribution in [0, 0.1) is 5.92 Å². The summed E-state index contributed by atoms with van der Waals surface area (Å²) >= 11 is 1.77. The fourth-order valence-electron chi connectivity index (χ4n) is 3.81. The highest BCUT2D eigenvalue weighted by molar-refractivity contribution is 7.14. The van der Waals surface area contributed by atoms with Crippen LogP contribution in [0.25, 0.3) is 0 Å². The number of nitrogens with one attached hydrogen (secondary N) is 1. The molecule has 0 bridgehead atoms. The summed E-state index contributed by atoms with van der Waals surface area (Å²) in [4.78, 5) is 17.4. The lowest BCUT2D eigenvalue weighted by atomic mass is 9.97. The maximum atomic E-state index is 12.9. The van der Waals surface area contributed by atoms with Gasteiger partial charge in [0.25, 0.3) is 5.91 Å². The molecule has 0 spiro atoms. The molecule has 3 rings (SSSR count). The second-order valence-electron chi connectivity index (χ2n) is 6.79. The molecule has 1 aromatic rings. The summed E-state index contributed by atoms with van der Waals surface area (Å²) in [5.41, 5.74) is 1.46. The number of amides is 1. The number of thiophene rings is 1. The van der Waals surface area contributed by atoms with Crippen LogP contribution in [0.1, 0.15) is 58.6 Å². The van der Waals surface area contributed by atoms with Crippen LogP contribution in [0.15, 0.2) is 6.07 Å². The predicted octanol–water partition coefficient (Wildman–Crippen LogP) is 3.90. The lowest BCUT2D eigenvalue weighted by molar-refractivity contribution is 0.0679. The fourth-order valence-corrected chi connectivity index (χ4v) is 5.03. The third-order valence-corrected chi connectivity index (χ3v) is 6.23. The first-order valence-electron chi connectivity index (χ1n) is 8.83. The number of hydrogen-bond donors (Lipinski definition) is 1. The minimum Gasteiger partial charge on any atom is -0.338 e. The summed E-state index contributed by atoms with van der Waals surface area (Å²) in [6, 6.07) is 2.20. The van der Waals surface area contributed by atoms with Gasteiger partial charge in [-0.1, -0.05) is 12.8 Å². The third-order valence-electron chi connectivity index (χ3n) is 5.01. The predicted molar refractivity (Wildman–Crippen MR) is 100.0 cm³/mol. The molecule has 130 valence electrons. The van der Waals surface area contributed by atoms with Crippen LogP contribution in [0.4, 0.5) is 0 Å². The van der Waals surface area contributed by atoms with E-state index in [1.54, 1.807) is 11.3 Å². The Bertz CT molecular complexity index is 490. The number of likely N-dealkylation sites (tertiary alicyclic amines) is 1. The van der Waals surface area contributed by atoms with E-state index in [1.165, 1.54) is 55.4 Å². The number of halogens is 1. The van der Waals surface area contributed by atoms with Gasteiger partial charge in [-0.25, -0.2) is 0 Å². The highest BCUT2D eigenvalue weighted by atomic mass is 35.5. The molecule has 23 heavy (non-hydrogen) atoms. The van der Waals surface area contributed by atoms with Gasteiger partial charge in [0.1, 0.15) is 0 Å². The van der Waals surface area contributed by atoms with E-state index in [4.69, 9.17) is 0 Å². The minimum atomic E-state index is 0. The molecular formula is C18H29ClN2OS. The van der Waals surface area contributed by atoms with Crippen molar-refractivity contribution in [2.45, 2.75) is 51.4 Å². The number of aryl methyl sites for hydroxylation is 2. The van der Waals surface area contributed by atoms with Gasteiger partial charge in [0.15, 0.2) is 0 Å². The Labute approximate surface area is 150 Å². The van der Waals surface area contributed by atoms with Crippen molar-refractivity contribution < 1.29 is 4.79 Å². The van der Waals surface area contributed by atoms with E-state index in [9.17, 15) is 4.79 Å². The summed E-state index contributed by atoms with van der Waals surface area (Å²) in [6.45, 7) is 2.87. The molecule has 1 atom stereocenters. The Hall–Kier alpha value is -0.580. The van der Waals surface area contributed by atoms with Crippen molar-refractivity contribution in [3.8, 4) is 0 Å². The Morgan fingerprint density at radius 3 is 2.83 bits per heavy atom. The molecule has 1 unspecified atom stereocenters. The number of hydrogen-bond acceptors (Lipinski definition) is 3. The molecular weight excluding hydrogens is 328 g/mol. The first kappa shape index (κ1) is 18.8. The van der Waals surface area contributed by atoms with Crippen LogP contribution in [-0.4, -0.2) is 37.5 Å². The highest BCUT2D eigenvalue weighted by Gasteiger charge is 2.26. The smallest absolute Gasteiger partial charge is 0.263 e. The summed E-state index contributed by atoms with van der Waals surface area (Å²) in [5.74, 6) is 0.890. The molecule has 0 aromatic carbocycles. The molecule has 2 aliphatic rings. The molecule has 3 nitrogen and oxygen atoms in total. The standard InChI is InChI=1S/C18H28N2OS.ClH/c1-19-12-14-7-6-10-20(13-14)18(21)17-11-15-8-4-2-3-5-9-16(15)22-17;/h11,14,19H,2-10,12-13H2,1H3;1H. The van der Waals surface area contributed by atoms with E-state index in [1.807, 2.05) is 7.05 Å². The molecule has 1 saturated heterocycles.